The molecule has 6 aromatic rings. The summed E-state index contributed by atoms with van der Waals surface area (Å²) in [5.74, 6) is 2.67. The van der Waals surface area contributed by atoms with Crippen molar-refractivity contribution in [3.05, 3.63) is 150 Å². The number of likely N-dealkylation sites (tertiary alicyclic amines) is 5. The molecule has 0 aliphatic carbocycles. The fourth-order valence-electron chi connectivity index (χ4n) is 18.0. The Kier molecular flexibility index (Phi) is 22.0. The van der Waals surface area contributed by atoms with Crippen LogP contribution in [0, 0.1) is 12.7 Å². The summed E-state index contributed by atoms with van der Waals surface area (Å²) in [7, 11) is 3.36. The number of methoxy groups -OCH3 is 2. The fourth-order valence-corrected chi connectivity index (χ4v) is 18.0. The summed E-state index contributed by atoms with van der Waals surface area (Å²) in [5, 5.41) is 0. The van der Waals surface area contributed by atoms with Gasteiger partial charge in [0.05, 0.1) is 38.9 Å². The van der Waals surface area contributed by atoms with Gasteiger partial charge in [0, 0.05) is 142 Å². The Hall–Kier alpha value is -8.47. The number of alkyl halides is 2. The van der Waals surface area contributed by atoms with Gasteiger partial charge < -0.3 is 63.0 Å². The lowest BCUT2D eigenvalue weighted by Gasteiger charge is -2.45. The van der Waals surface area contributed by atoms with Crippen LogP contribution in [0.3, 0.4) is 0 Å². The molecule has 9 aliphatic rings. The highest BCUT2D eigenvalue weighted by molar-refractivity contribution is 5.95. The Bertz CT molecular complexity index is 3930. The Balaban J connectivity index is 0.000000137. The maximum Gasteiger partial charge on any atom is 0.409 e. The van der Waals surface area contributed by atoms with Crippen molar-refractivity contribution in [3.8, 4) is 22.8 Å². The van der Waals surface area contributed by atoms with E-state index in [1.807, 2.05) is 82.5 Å². The molecule has 1 aromatic heterocycles. The third-order valence-electron chi connectivity index (χ3n) is 23.7. The van der Waals surface area contributed by atoms with Crippen molar-refractivity contribution in [2.24, 2.45) is 0 Å². The number of piperidine rings is 6. The molecule has 4 amide bonds. The van der Waals surface area contributed by atoms with Crippen LogP contribution in [0.4, 0.5) is 51.3 Å². The normalized spacial score (nSPS) is 20.5. The van der Waals surface area contributed by atoms with Crippen molar-refractivity contribution < 1.29 is 51.3 Å². The van der Waals surface area contributed by atoms with E-state index in [2.05, 4.69) is 89.7 Å². The highest BCUT2D eigenvalue weighted by atomic mass is 19.3. The van der Waals surface area contributed by atoms with Gasteiger partial charge in [0.15, 0.2) is 6.61 Å². The lowest BCUT2D eigenvalue weighted by atomic mass is 9.73. The van der Waals surface area contributed by atoms with Crippen molar-refractivity contribution in [2.75, 3.05) is 145 Å². The Morgan fingerprint density at radius 1 is 0.529 bits per heavy atom. The van der Waals surface area contributed by atoms with Crippen LogP contribution in [-0.4, -0.2) is 209 Å². The van der Waals surface area contributed by atoms with Gasteiger partial charge in [-0.15, -0.1) is 0 Å². The largest absolute Gasteiger partial charge is 0.497 e. The summed E-state index contributed by atoms with van der Waals surface area (Å²) in [5.41, 5.74) is 11.3. The molecule has 9 aliphatic heterocycles. The average molecular weight is 1400 g/mol. The molecule has 0 bridgehead atoms. The summed E-state index contributed by atoms with van der Waals surface area (Å²) < 4.78 is 59.5. The maximum absolute atomic E-state index is 14.4. The van der Waals surface area contributed by atoms with Gasteiger partial charge in [0.2, 0.25) is 11.8 Å². The number of carbonyl (C=O) groups is 4. The van der Waals surface area contributed by atoms with E-state index in [1.54, 1.807) is 40.2 Å². The predicted octanol–water partition coefficient (Wildman–Crippen LogP) is 13.0. The minimum absolute atomic E-state index is 0.0172. The van der Waals surface area contributed by atoms with Crippen LogP contribution >= 0.6 is 0 Å². The smallest absolute Gasteiger partial charge is 0.409 e. The SMILES string of the molecule is CC(=O)N1CC2(CCN(C3CCN(C(=O)OCC(F)F)CC3)CC2)c2cc(C)ccc21.CCOC(=O)N1CCC(N2CCC3(CC2)CN(c2cccc(OC)c2)c2ccc(F)cc23)CC1.COc1cccc(-c2cncc(N3CCC(N4CCC5(CC4)CN(C(C)=O)c4ccccc45)CC3)n2)c1. The van der Waals surface area contributed by atoms with E-state index in [-0.39, 0.29) is 40.0 Å². The number of hydrogen-bond acceptors (Lipinski definition) is 15. The average Bonchev–Trinajstić information content (AvgIpc) is 1.60. The minimum atomic E-state index is -2.63. The molecular weight excluding hydrogens is 1300 g/mol. The number of rotatable bonds is 11. The van der Waals surface area contributed by atoms with Crippen LogP contribution in [0.5, 0.6) is 11.5 Å². The molecule has 6 saturated heterocycles. The maximum atomic E-state index is 14.4. The summed E-state index contributed by atoms with van der Waals surface area (Å²) in [4.78, 5) is 77.7. The van der Waals surface area contributed by atoms with E-state index in [0.29, 0.717) is 37.8 Å². The van der Waals surface area contributed by atoms with Crippen LogP contribution in [0.15, 0.2) is 122 Å². The quantitative estimate of drug-likeness (QED) is 0.120. The van der Waals surface area contributed by atoms with Gasteiger partial charge >= 0.3 is 12.2 Å². The first-order valence-corrected chi connectivity index (χ1v) is 36.9. The summed E-state index contributed by atoms with van der Waals surface area (Å²) in [6, 6.07) is 37.7. The number of aryl methyl sites for hydroxylation is 1. The molecule has 15 rings (SSSR count). The van der Waals surface area contributed by atoms with Gasteiger partial charge in [-0.2, -0.15) is 0 Å². The van der Waals surface area contributed by atoms with Gasteiger partial charge in [0.1, 0.15) is 23.1 Å². The van der Waals surface area contributed by atoms with Gasteiger partial charge in [-0.3, -0.25) is 14.6 Å². The predicted molar refractivity (Wildman–Crippen MR) is 390 cm³/mol. The van der Waals surface area contributed by atoms with Gasteiger partial charge in [0.25, 0.3) is 6.43 Å². The zero-order chi connectivity index (χ0) is 71.3. The molecule has 5 aromatic carbocycles. The van der Waals surface area contributed by atoms with Crippen molar-refractivity contribution in [3.63, 3.8) is 0 Å². The van der Waals surface area contributed by atoms with Crippen molar-refractivity contribution in [1.29, 1.82) is 0 Å². The van der Waals surface area contributed by atoms with E-state index in [0.717, 1.165) is 219 Å². The number of amides is 4. The van der Waals surface area contributed by atoms with E-state index in [1.165, 1.54) is 21.6 Å². The zero-order valence-electron chi connectivity index (χ0n) is 60.2. The summed E-state index contributed by atoms with van der Waals surface area (Å²) in [6.45, 7) is 19.9. The van der Waals surface area contributed by atoms with Crippen molar-refractivity contribution in [1.82, 2.24) is 34.5 Å². The van der Waals surface area contributed by atoms with Crippen LogP contribution in [-0.2, 0) is 35.3 Å². The molecule has 0 N–H and O–H groups in total. The lowest BCUT2D eigenvalue weighted by molar-refractivity contribution is -0.117. The first-order chi connectivity index (χ1) is 49.4. The number of anilines is 5. The molecule has 0 radical (unpaired) electrons. The number of fused-ring (bicyclic) bond motifs is 6. The van der Waals surface area contributed by atoms with Crippen LogP contribution in [0.1, 0.15) is 120 Å². The Morgan fingerprint density at radius 2 is 1.03 bits per heavy atom. The van der Waals surface area contributed by atoms with E-state index in [9.17, 15) is 32.3 Å². The second-order valence-electron chi connectivity index (χ2n) is 29.5. The van der Waals surface area contributed by atoms with Gasteiger partial charge in [-0.1, -0.05) is 54.1 Å². The number of hydrogen-bond donors (Lipinski definition) is 0. The molecule has 3 spiro atoms. The molecule has 0 atom stereocenters. The number of benzene rings is 5. The summed E-state index contributed by atoms with van der Waals surface area (Å²) in [6.07, 6.45) is 12.4. The standard InChI is InChI=1S/C30H35N5O2.C27H34FN3O3.C23H31F2N3O3/c1-22(36)35-21-30(26-8-3-4-9-28(26)35)12-16-33(17-13-30)24-10-14-34(15-11-24)29-20-31-19-27(32-29)23-6-5-7-25(18-23)37-2;1-3-34-26(32)30-13-9-21(10-14-30)29-15-11-27(12-16-29)19-31(22-5-4-6-23(18-22)33-2)25-8-7-20(28)17-24(25)27;1-16-3-4-20-19(13-16)23(15-28(20)17(2)29)7-11-26(12-8-23)18-5-9-27(10-6-18)22(30)31-14-21(24)25/h3-9,18-20,24H,10-17,21H2,1-2H3;4-8,17-18,21H,3,9-16,19H2,1-2H3;3-4,13,18,21H,5-12,14-15H2,1-2H3. The monoisotopic (exact) mass is 1400 g/mol. The highest BCUT2D eigenvalue weighted by Gasteiger charge is 2.50. The Labute approximate surface area is 598 Å². The first kappa shape index (κ1) is 71.9. The third-order valence-corrected chi connectivity index (χ3v) is 23.7. The molecule has 0 unspecified atom stereocenters. The molecule has 0 saturated carbocycles. The number of aromatic nitrogens is 2. The molecule has 544 valence electrons. The number of para-hydroxylation sites is 1. The second kappa shape index (κ2) is 31.2. The van der Waals surface area contributed by atoms with Crippen molar-refractivity contribution >= 4 is 52.6 Å². The van der Waals surface area contributed by atoms with E-state index < -0.39 is 19.1 Å². The zero-order valence-corrected chi connectivity index (χ0v) is 60.2. The number of nitrogens with zero attached hydrogens (tertiary/aromatic N) is 11. The Morgan fingerprint density at radius 3 is 1.59 bits per heavy atom. The topological polar surface area (TPSA) is 160 Å². The third kappa shape index (κ3) is 15.3. The highest BCUT2D eigenvalue weighted by Crippen LogP contribution is 2.52. The van der Waals surface area contributed by atoms with Crippen LogP contribution in [0.25, 0.3) is 11.3 Å². The first-order valence-electron chi connectivity index (χ1n) is 36.9. The van der Waals surface area contributed by atoms with E-state index >= 15 is 0 Å². The van der Waals surface area contributed by atoms with Crippen LogP contribution in [0.2, 0.25) is 0 Å². The molecule has 10 heterocycles. The van der Waals surface area contributed by atoms with Gasteiger partial charge in [-0.25, -0.2) is 27.7 Å². The van der Waals surface area contributed by atoms with Crippen LogP contribution < -0.4 is 29.1 Å². The number of carbonyl (C=O) groups excluding carboxylic acids is 4. The van der Waals surface area contributed by atoms with Gasteiger partial charge in [-0.05, 0) is 201 Å². The number of ether oxygens (including phenoxy) is 4. The molecule has 6 fully saturated rings. The fraction of sp³-hybridized carbons (Fsp3) is 0.525. The lowest BCUT2D eigenvalue weighted by Crippen LogP contribution is -2.52. The van der Waals surface area contributed by atoms with E-state index in [4.69, 9.17) is 19.2 Å². The second-order valence-corrected chi connectivity index (χ2v) is 29.5. The minimum Gasteiger partial charge on any atom is -0.497 e. The molecule has 102 heavy (non-hydrogen) atoms. The number of halogens is 3. The van der Waals surface area contributed by atoms with Crippen molar-refractivity contribution in [2.45, 2.75) is 146 Å². The summed E-state index contributed by atoms with van der Waals surface area (Å²) >= 11 is 0. The molecular formula is C80H100F3N11O8. The molecule has 19 nitrogen and oxygen atoms in total. The molecule has 22 heteroatoms.